The SMILES string of the molecule is CCC(CO)c1cc(C(C)C)ccc1OC. The predicted octanol–water partition coefficient (Wildman–Crippen LogP) is 3.30. The highest BCUT2D eigenvalue weighted by Gasteiger charge is 2.15. The molecule has 0 saturated heterocycles. The van der Waals surface area contributed by atoms with Gasteiger partial charge in [-0.25, -0.2) is 0 Å². The molecule has 0 fully saturated rings. The van der Waals surface area contributed by atoms with Crippen molar-refractivity contribution in [1.82, 2.24) is 0 Å². The standard InChI is InChI=1S/C14H22O2/c1-5-11(9-15)13-8-12(10(2)3)6-7-14(13)16-4/h6-8,10-11,15H,5,9H2,1-4H3. The van der Waals surface area contributed by atoms with Crippen LogP contribution in [0.1, 0.15) is 50.2 Å². The van der Waals surface area contributed by atoms with E-state index in [1.807, 2.05) is 6.07 Å². The number of benzene rings is 1. The van der Waals surface area contributed by atoms with Crippen molar-refractivity contribution in [2.24, 2.45) is 0 Å². The summed E-state index contributed by atoms with van der Waals surface area (Å²) in [5, 5.41) is 9.37. The van der Waals surface area contributed by atoms with Crippen molar-refractivity contribution in [1.29, 1.82) is 0 Å². The van der Waals surface area contributed by atoms with Crippen molar-refractivity contribution < 1.29 is 9.84 Å². The minimum Gasteiger partial charge on any atom is -0.496 e. The molecule has 2 nitrogen and oxygen atoms in total. The fraction of sp³-hybridized carbons (Fsp3) is 0.571. The molecule has 0 spiro atoms. The summed E-state index contributed by atoms with van der Waals surface area (Å²) in [6.07, 6.45) is 0.925. The lowest BCUT2D eigenvalue weighted by Gasteiger charge is -2.18. The maximum Gasteiger partial charge on any atom is 0.122 e. The minimum absolute atomic E-state index is 0.175. The molecule has 90 valence electrons. The first-order valence-electron chi connectivity index (χ1n) is 5.92. The zero-order valence-electron chi connectivity index (χ0n) is 10.7. The van der Waals surface area contributed by atoms with Gasteiger partial charge in [0.1, 0.15) is 5.75 Å². The van der Waals surface area contributed by atoms with Crippen LogP contribution >= 0.6 is 0 Å². The maximum atomic E-state index is 9.37. The van der Waals surface area contributed by atoms with Crippen molar-refractivity contribution in [3.05, 3.63) is 29.3 Å². The van der Waals surface area contributed by atoms with Gasteiger partial charge in [0, 0.05) is 5.92 Å². The van der Waals surface area contributed by atoms with Crippen molar-refractivity contribution in [3.8, 4) is 5.75 Å². The first-order valence-corrected chi connectivity index (χ1v) is 5.92. The van der Waals surface area contributed by atoms with Crippen LogP contribution in [0.25, 0.3) is 0 Å². The molecule has 0 heterocycles. The second-order valence-electron chi connectivity index (χ2n) is 4.44. The van der Waals surface area contributed by atoms with Gasteiger partial charge < -0.3 is 9.84 Å². The largest absolute Gasteiger partial charge is 0.496 e. The molecule has 0 aliphatic carbocycles. The lowest BCUT2D eigenvalue weighted by atomic mass is 9.92. The summed E-state index contributed by atoms with van der Waals surface area (Å²) in [7, 11) is 1.68. The molecule has 1 rings (SSSR count). The van der Waals surface area contributed by atoms with Crippen molar-refractivity contribution in [2.75, 3.05) is 13.7 Å². The third-order valence-electron chi connectivity index (χ3n) is 3.07. The highest BCUT2D eigenvalue weighted by molar-refractivity contribution is 5.40. The average molecular weight is 222 g/mol. The van der Waals surface area contributed by atoms with Crippen LogP contribution in [0.5, 0.6) is 5.75 Å². The van der Waals surface area contributed by atoms with Gasteiger partial charge in [0.15, 0.2) is 0 Å². The Balaban J connectivity index is 3.15. The van der Waals surface area contributed by atoms with E-state index in [9.17, 15) is 5.11 Å². The summed E-state index contributed by atoms with van der Waals surface area (Å²) < 4.78 is 5.35. The van der Waals surface area contributed by atoms with E-state index in [1.165, 1.54) is 5.56 Å². The predicted molar refractivity (Wildman–Crippen MR) is 67.2 cm³/mol. The summed E-state index contributed by atoms with van der Waals surface area (Å²) in [4.78, 5) is 0. The Morgan fingerprint density at radius 2 is 2.00 bits per heavy atom. The van der Waals surface area contributed by atoms with Gasteiger partial charge in [0.2, 0.25) is 0 Å². The lowest BCUT2D eigenvalue weighted by Crippen LogP contribution is -2.06. The second-order valence-corrected chi connectivity index (χ2v) is 4.44. The Morgan fingerprint density at radius 3 is 2.44 bits per heavy atom. The van der Waals surface area contributed by atoms with Crippen LogP contribution in [0, 0.1) is 0 Å². The van der Waals surface area contributed by atoms with Gasteiger partial charge in [-0.3, -0.25) is 0 Å². The van der Waals surface area contributed by atoms with Crippen LogP contribution < -0.4 is 4.74 Å². The molecular formula is C14H22O2. The third kappa shape index (κ3) is 2.76. The number of aliphatic hydroxyl groups is 1. The molecule has 1 N–H and O–H groups in total. The van der Waals surface area contributed by atoms with Gasteiger partial charge in [-0.1, -0.05) is 32.9 Å². The van der Waals surface area contributed by atoms with Crippen LogP contribution in [-0.4, -0.2) is 18.8 Å². The molecule has 2 heteroatoms. The van der Waals surface area contributed by atoms with Gasteiger partial charge in [-0.05, 0) is 29.5 Å². The molecule has 1 unspecified atom stereocenters. The Hall–Kier alpha value is -1.02. The fourth-order valence-corrected chi connectivity index (χ4v) is 1.88. The normalized spacial score (nSPS) is 12.9. The Bertz CT molecular complexity index is 328. The van der Waals surface area contributed by atoms with Crippen molar-refractivity contribution in [3.63, 3.8) is 0 Å². The summed E-state index contributed by atoms with van der Waals surface area (Å²) in [5.74, 6) is 1.56. The Kier molecular flexibility index (Phi) is 4.81. The van der Waals surface area contributed by atoms with Gasteiger partial charge in [-0.2, -0.15) is 0 Å². The molecule has 1 atom stereocenters. The number of hydrogen-bond donors (Lipinski definition) is 1. The van der Waals surface area contributed by atoms with Crippen LogP contribution in [0.2, 0.25) is 0 Å². The van der Waals surface area contributed by atoms with Crippen molar-refractivity contribution >= 4 is 0 Å². The quantitative estimate of drug-likeness (QED) is 0.828. The zero-order valence-corrected chi connectivity index (χ0v) is 10.7. The van der Waals surface area contributed by atoms with E-state index in [2.05, 4.69) is 32.9 Å². The first kappa shape index (κ1) is 13.0. The third-order valence-corrected chi connectivity index (χ3v) is 3.07. The highest BCUT2D eigenvalue weighted by atomic mass is 16.5. The monoisotopic (exact) mass is 222 g/mol. The van der Waals surface area contributed by atoms with Gasteiger partial charge in [-0.15, -0.1) is 0 Å². The molecular weight excluding hydrogens is 200 g/mol. The molecule has 1 aromatic rings. The maximum absolute atomic E-state index is 9.37. The summed E-state index contributed by atoms with van der Waals surface area (Å²) in [6.45, 7) is 6.60. The van der Waals surface area contributed by atoms with Crippen LogP contribution in [-0.2, 0) is 0 Å². The smallest absolute Gasteiger partial charge is 0.122 e. The Labute approximate surface area is 98.3 Å². The number of ether oxygens (including phenoxy) is 1. The van der Waals surface area contributed by atoms with Crippen LogP contribution in [0.4, 0.5) is 0 Å². The molecule has 0 aromatic heterocycles. The molecule has 1 aromatic carbocycles. The fourth-order valence-electron chi connectivity index (χ4n) is 1.88. The number of hydrogen-bond acceptors (Lipinski definition) is 2. The zero-order chi connectivity index (χ0) is 12.1. The second kappa shape index (κ2) is 5.90. The summed E-state index contributed by atoms with van der Waals surface area (Å²) >= 11 is 0. The van der Waals surface area contributed by atoms with E-state index >= 15 is 0 Å². The van der Waals surface area contributed by atoms with E-state index in [1.54, 1.807) is 7.11 Å². The lowest BCUT2D eigenvalue weighted by molar-refractivity contribution is 0.259. The first-order chi connectivity index (χ1) is 7.63. The van der Waals surface area contributed by atoms with Gasteiger partial charge >= 0.3 is 0 Å². The van der Waals surface area contributed by atoms with Crippen LogP contribution in [0.15, 0.2) is 18.2 Å². The van der Waals surface area contributed by atoms with E-state index in [-0.39, 0.29) is 12.5 Å². The van der Waals surface area contributed by atoms with E-state index in [0.717, 1.165) is 17.7 Å². The van der Waals surface area contributed by atoms with Gasteiger partial charge in [0.25, 0.3) is 0 Å². The van der Waals surface area contributed by atoms with Gasteiger partial charge in [0.05, 0.1) is 13.7 Å². The number of methoxy groups -OCH3 is 1. The molecule has 0 saturated carbocycles. The van der Waals surface area contributed by atoms with E-state index in [0.29, 0.717) is 5.92 Å². The van der Waals surface area contributed by atoms with E-state index in [4.69, 9.17) is 4.74 Å². The minimum atomic E-state index is 0.175. The highest BCUT2D eigenvalue weighted by Crippen LogP contribution is 2.31. The molecule has 0 aliphatic rings. The molecule has 0 radical (unpaired) electrons. The average Bonchev–Trinajstić information content (AvgIpc) is 2.30. The van der Waals surface area contributed by atoms with E-state index < -0.39 is 0 Å². The number of rotatable bonds is 5. The molecule has 0 amide bonds. The number of aliphatic hydroxyl groups excluding tert-OH is 1. The molecule has 0 aliphatic heterocycles. The Morgan fingerprint density at radius 1 is 1.31 bits per heavy atom. The molecule has 0 bridgehead atoms. The summed E-state index contributed by atoms with van der Waals surface area (Å²) in [5.41, 5.74) is 2.42. The molecule has 16 heavy (non-hydrogen) atoms. The van der Waals surface area contributed by atoms with Crippen LogP contribution in [0.3, 0.4) is 0 Å². The van der Waals surface area contributed by atoms with Crippen molar-refractivity contribution in [2.45, 2.75) is 39.0 Å². The topological polar surface area (TPSA) is 29.5 Å². The summed E-state index contributed by atoms with van der Waals surface area (Å²) in [6, 6.07) is 6.26.